The second kappa shape index (κ2) is 6.07. The van der Waals surface area contributed by atoms with E-state index in [0.29, 0.717) is 5.96 Å². The first-order valence-corrected chi connectivity index (χ1v) is 7.67. The van der Waals surface area contributed by atoms with Crippen LogP contribution in [0.2, 0.25) is 0 Å². The molecule has 0 bridgehead atoms. The highest BCUT2D eigenvalue weighted by molar-refractivity contribution is 7.10. The summed E-state index contributed by atoms with van der Waals surface area (Å²) in [6.45, 7) is 0. The van der Waals surface area contributed by atoms with Crippen molar-refractivity contribution in [2.24, 2.45) is 10.8 Å². The number of nitrogens with one attached hydrogen (secondary N) is 2. The standard InChI is InChI=1S/C15H18N4S/c16-19-15(17-11-5-2-1-3-6-11)18-13-7-4-8-14-12(13)9-10-20-14/h1-3,5-6,9-10,13H,4,7-8,16H2,(H2,17,18,19). The fraction of sp³-hybridized carbons (Fsp3) is 0.267. The minimum atomic E-state index is 0.201. The maximum atomic E-state index is 5.59. The van der Waals surface area contributed by atoms with E-state index in [2.05, 4.69) is 22.2 Å². The lowest BCUT2D eigenvalue weighted by molar-refractivity contribution is 0.578. The van der Waals surface area contributed by atoms with Crippen LogP contribution in [0.25, 0.3) is 0 Å². The lowest BCUT2D eigenvalue weighted by atomic mass is 9.95. The van der Waals surface area contributed by atoms with E-state index in [0.717, 1.165) is 12.1 Å². The normalized spacial score (nSPS) is 18.4. The third-order valence-electron chi connectivity index (χ3n) is 3.48. The molecule has 1 heterocycles. The Morgan fingerprint density at radius 2 is 2.10 bits per heavy atom. The molecule has 4 nitrogen and oxygen atoms in total. The molecule has 2 aromatic rings. The van der Waals surface area contributed by atoms with Crippen LogP contribution in [0.4, 0.5) is 5.69 Å². The fourth-order valence-electron chi connectivity index (χ4n) is 2.52. The van der Waals surface area contributed by atoms with Crippen LogP contribution in [0.15, 0.2) is 46.8 Å². The second-order valence-corrected chi connectivity index (χ2v) is 5.82. The minimum absolute atomic E-state index is 0.201. The van der Waals surface area contributed by atoms with Crippen LogP contribution >= 0.6 is 11.3 Å². The van der Waals surface area contributed by atoms with Gasteiger partial charge in [0.1, 0.15) is 0 Å². The van der Waals surface area contributed by atoms with Gasteiger partial charge in [-0.1, -0.05) is 18.2 Å². The number of hydrogen-bond acceptors (Lipinski definition) is 3. The number of aliphatic imine (C=N–C) groups is 1. The molecule has 0 radical (unpaired) electrons. The summed E-state index contributed by atoms with van der Waals surface area (Å²) in [4.78, 5) is 6.20. The lowest BCUT2D eigenvalue weighted by Gasteiger charge is -2.20. The van der Waals surface area contributed by atoms with Gasteiger partial charge in [-0.15, -0.1) is 11.3 Å². The van der Waals surface area contributed by atoms with Crippen LogP contribution in [-0.2, 0) is 6.42 Å². The predicted molar refractivity (Wildman–Crippen MR) is 84.8 cm³/mol. The van der Waals surface area contributed by atoms with Gasteiger partial charge in [-0.3, -0.25) is 5.43 Å². The van der Waals surface area contributed by atoms with Crippen molar-refractivity contribution in [3.05, 3.63) is 52.2 Å². The summed E-state index contributed by atoms with van der Waals surface area (Å²) >= 11 is 1.83. The van der Waals surface area contributed by atoms with E-state index < -0.39 is 0 Å². The van der Waals surface area contributed by atoms with E-state index in [1.807, 2.05) is 41.7 Å². The molecule has 104 valence electrons. The summed E-state index contributed by atoms with van der Waals surface area (Å²) in [7, 11) is 0. The van der Waals surface area contributed by atoms with Gasteiger partial charge in [0.05, 0.1) is 6.04 Å². The summed E-state index contributed by atoms with van der Waals surface area (Å²) < 4.78 is 0. The third kappa shape index (κ3) is 2.84. The smallest absolute Gasteiger partial charge is 0.210 e. The number of aryl methyl sites for hydroxylation is 1. The molecule has 0 spiro atoms. The zero-order chi connectivity index (χ0) is 13.8. The van der Waals surface area contributed by atoms with Gasteiger partial charge in [0.15, 0.2) is 0 Å². The van der Waals surface area contributed by atoms with E-state index in [1.165, 1.54) is 23.3 Å². The minimum Gasteiger partial charge on any atom is -0.325 e. The largest absolute Gasteiger partial charge is 0.325 e. The number of nitrogens with two attached hydrogens (primary N) is 1. The Morgan fingerprint density at radius 3 is 2.90 bits per heavy atom. The average molecular weight is 286 g/mol. The number of anilines is 1. The number of nitrogens with zero attached hydrogens (tertiary/aromatic N) is 1. The highest BCUT2D eigenvalue weighted by Gasteiger charge is 2.21. The summed E-state index contributed by atoms with van der Waals surface area (Å²) in [5.74, 6) is 6.20. The molecule has 3 rings (SSSR count). The molecule has 5 heteroatoms. The second-order valence-electron chi connectivity index (χ2n) is 4.82. The van der Waals surface area contributed by atoms with Crippen molar-refractivity contribution < 1.29 is 0 Å². The SMILES string of the molecule is NNC(=NC1CCCc2sccc21)Nc1ccccc1. The summed E-state index contributed by atoms with van der Waals surface area (Å²) in [6.07, 6.45) is 3.44. The first-order chi connectivity index (χ1) is 9.86. The molecule has 0 saturated carbocycles. The van der Waals surface area contributed by atoms with Gasteiger partial charge in [-0.05, 0) is 48.4 Å². The Bertz CT molecular complexity index is 591. The summed E-state index contributed by atoms with van der Waals surface area (Å²) in [5.41, 5.74) is 4.99. The van der Waals surface area contributed by atoms with E-state index in [-0.39, 0.29) is 6.04 Å². The molecule has 1 aromatic heterocycles. The monoisotopic (exact) mass is 286 g/mol. The van der Waals surface area contributed by atoms with Crippen LogP contribution < -0.4 is 16.6 Å². The zero-order valence-corrected chi connectivity index (χ0v) is 12.0. The van der Waals surface area contributed by atoms with Crippen molar-refractivity contribution in [2.75, 3.05) is 5.32 Å². The number of para-hydroxylation sites is 1. The predicted octanol–water partition coefficient (Wildman–Crippen LogP) is 3.06. The Balaban J connectivity index is 1.80. The number of benzene rings is 1. The molecule has 1 aliphatic rings. The Labute approximate surface area is 122 Å². The molecule has 0 amide bonds. The maximum absolute atomic E-state index is 5.59. The van der Waals surface area contributed by atoms with Crippen molar-refractivity contribution in [2.45, 2.75) is 25.3 Å². The topological polar surface area (TPSA) is 62.4 Å². The van der Waals surface area contributed by atoms with Gasteiger partial charge in [0.25, 0.3) is 0 Å². The molecule has 0 saturated heterocycles. The fourth-order valence-corrected chi connectivity index (χ4v) is 3.50. The first-order valence-electron chi connectivity index (χ1n) is 6.79. The van der Waals surface area contributed by atoms with E-state index in [9.17, 15) is 0 Å². The summed E-state index contributed by atoms with van der Waals surface area (Å²) in [5, 5.41) is 5.37. The van der Waals surface area contributed by atoms with Gasteiger partial charge in [0, 0.05) is 10.6 Å². The molecule has 4 N–H and O–H groups in total. The Kier molecular flexibility index (Phi) is 3.99. The zero-order valence-electron chi connectivity index (χ0n) is 11.2. The van der Waals surface area contributed by atoms with Crippen molar-refractivity contribution in [1.29, 1.82) is 0 Å². The number of thiophene rings is 1. The molecule has 1 aromatic carbocycles. The number of fused-ring (bicyclic) bond motifs is 1. The molecule has 0 fully saturated rings. The van der Waals surface area contributed by atoms with E-state index in [4.69, 9.17) is 10.8 Å². The van der Waals surface area contributed by atoms with Gasteiger partial charge < -0.3 is 5.32 Å². The van der Waals surface area contributed by atoms with Crippen LogP contribution in [0.1, 0.15) is 29.3 Å². The van der Waals surface area contributed by atoms with Crippen LogP contribution in [0, 0.1) is 0 Å². The quantitative estimate of drug-likeness (QED) is 0.344. The number of guanidine groups is 1. The Hall–Kier alpha value is -1.85. The van der Waals surface area contributed by atoms with Gasteiger partial charge in [0.2, 0.25) is 5.96 Å². The first kappa shape index (κ1) is 13.1. The van der Waals surface area contributed by atoms with Crippen LogP contribution in [0.5, 0.6) is 0 Å². The van der Waals surface area contributed by atoms with Crippen LogP contribution in [-0.4, -0.2) is 5.96 Å². The van der Waals surface area contributed by atoms with Gasteiger partial charge >= 0.3 is 0 Å². The van der Waals surface area contributed by atoms with Crippen molar-refractivity contribution in [3.63, 3.8) is 0 Å². The van der Waals surface area contributed by atoms with Gasteiger partial charge in [-0.2, -0.15) is 0 Å². The van der Waals surface area contributed by atoms with Crippen molar-refractivity contribution in [3.8, 4) is 0 Å². The number of hydrazine groups is 1. The number of rotatable bonds is 2. The molecule has 1 aliphatic carbocycles. The molecule has 1 atom stereocenters. The average Bonchev–Trinajstić information content (AvgIpc) is 2.97. The van der Waals surface area contributed by atoms with E-state index >= 15 is 0 Å². The highest BCUT2D eigenvalue weighted by atomic mass is 32.1. The molecule has 0 aliphatic heterocycles. The number of hydrogen-bond donors (Lipinski definition) is 3. The lowest BCUT2D eigenvalue weighted by Crippen LogP contribution is -2.36. The molecular weight excluding hydrogens is 268 g/mol. The van der Waals surface area contributed by atoms with Crippen LogP contribution in [0.3, 0.4) is 0 Å². The van der Waals surface area contributed by atoms with Crippen molar-refractivity contribution >= 4 is 23.0 Å². The van der Waals surface area contributed by atoms with E-state index in [1.54, 1.807) is 0 Å². The van der Waals surface area contributed by atoms with Crippen molar-refractivity contribution in [1.82, 2.24) is 5.43 Å². The molecule has 1 unspecified atom stereocenters. The van der Waals surface area contributed by atoms with Gasteiger partial charge in [-0.25, -0.2) is 10.8 Å². The Morgan fingerprint density at radius 1 is 1.25 bits per heavy atom. The third-order valence-corrected chi connectivity index (χ3v) is 4.47. The molecular formula is C15H18N4S. The highest BCUT2D eigenvalue weighted by Crippen LogP contribution is 2.35. The maximum Gasteiger partial charge on any atom is 0.210 e. The molecule has 20 heavy (non-hydrogen) atoms. The summed E-state index contributed by atoms with van der Waals surface area (Å²) in [6, 6.07) is 12.3.